The highest BCUT2D eigenvalue weighted by molar-refractivity contribution is 6.30. The van der Waals surface area contributed by atoms with E-state index in [2.05, 4.69) is 10.4 Å². The Hall–Kier alpha value is -2.08. The van der Waals surface area contributed by atoms with Crippen LogP contribution in [-0.2, 0) is 17.8 Å². The fourth-order valence-electron chi connectivity index (χ4n) is 2.27. The number of carbonyl (C=O) groups excluding carboxylic acids is 1. The lowest BCUT2D eigenvalue weighted by Gasteiger charge is -2.09. The van der Waals surface area contributed by atoms with Crippen LogP contribution in [0, 0.1) is 0 Å². The fraction of sp³-hybridized carbons (Fsp3) is 0.438. The summed E-state index contributed by atoms with van der Waals surface area (Å²) >= 11 is 5.88. The van der Waals surface area contributed by atoms with Gasteiger partial charge in [0.15, 0.2) is 0 Å². The Morgan fingerprint density at radius 3 is 2.52 bits per heavy atom. The maximum atomic E-state index is 12.6. The van der Waals surface area contributed by atoms with E-state index >= 15 is 0 Å². The van der Waals surface area contributed by atoms with E-state index in [-0.39, 0.29) is 24.2 Å². The van der Waals surface area contributed by atoms with Crippen LogP contribution in [0.2, 0.25) is 5.02 Å². The number of nitrogens with one attached hydrogen (secondary N) is 1. The predicted octanol–water partition coefficient (Wildman–Crippen LogP) is 2.16. The van der Waals surface area contributed by atoms with Crippen molar-refractivity contribution in [2.45, 2.75) is 46.2 Å². The van der Waals surface area contributed by atoms with Gasteiger partial charge in [-0.2, -0.15) is 4.68 Å². The van der Waals surface area contributed by atoms with Crippen LogP contribution in [0.5, 0.6) is 0 Å². The summed E-state index contributed by atoms with van der Waals surface area (Å²) in [6, 6.07) is 6.88. The van der Waals surface area contributed by atoms with Crippen LogP contribution in [-0.4, -0.2) is 26.3 Å². The van der Waals surface area contributed by atoms with Gasteiger partial charge in [-0.15, -0.1) is 5.10 Å². The van der Waals surface area contributed by atoms with Crippen molar-refractivity contribution in [3.05, 3.63) is 45.6 Å². The molecule has 0 aliphatic rings. The molecular formula is C16H21ClN4O2. The zero-order valence-corrected chi connectivity index (χ0v) is 14.3. The summed E-state index contributed by atoms with van der Waals surface area (Å²) in [6.07, 6.45) is 1.47. The molecule has 0 fully saturated rings. The van der Waals surface area contributed by atoms with E-state index in [9.17, 15) is 9.59 Å². The van der Waals surface area contributed by atoms with Crippen LogP contribution in [0.3, 0.4) is 0 Å². The van der Waals surface area contributed by atoms with E-state index in [1.165, 1.54) is 9.25 Å². The van der Waals surface area contributed by atoms with Crippen molar-refractivity contribution in [3.8, 4) is 5.69 Å². The van der Waals surface area contributed by atoms with Crippen LogP contribution in [0.15, 0.2) is 29.1 Å². The van der Waals surface area contributed by atoms with Gasteiger partial charge in [-0.05, 0) is 44.5 Å². The minimum Gasteiger partial charge on any atom is -0.352 e. The zero-order chi connectivity index (χ0) is 17.0. The van der Waals surface area contributed by atoms with Gasteiger partial charge in [-0.25, -0.2) is 4.79 Å². The van der Waals surface area contributed by atoms with Crippen molar-refractivity contribution >= 4 is 17.5 Å². The lowest BCUT2D eigenvalue weighted by atomic mass is 10.3. The number of aromatic nitrogens is 3. The van der Waals surface area contributed by atoms with E-state index in [0.717, 1.165) is 6.42 Å². The number of nitrogens with zero attached hydrogens (tertiary/aromatic N) is 3. The Balaban J connectivity index is 2.39. The van der Waals surface area contributed by atoms with Gasteiger partial charge in [0.05, 0.1) is 5.69 Å². The van der Waals surface area contributed by atoms with Gasteiger partial charge < -0.3 is 5.32 Å². The quantitative estimate of drug-likeness (QED) is 0.879. The normalized spacial score (nSPS) is 11.0. The third-order valence-electron chi connectivity index (χ3n) is 3.24. The number of halogens is 1. The van der Waals surface area contributed by atoms with Crippen molar-refractivity contribution in [3.63, 3.8) is 0 Å². The Kier molecular flexibility index (Phi) is 5.60. The second-order valence-corrected chi connectivity index (χ2v) is 6.08. The summed E-state index contributed by atoms with van der Waals surface area (Å²) in [4.78, 5) is 24.6. The molecule has 0 bridgehead atoms. The minimum atomic E-state index is -0.324. The molecule has 2 rings (SSSR count). The van der Waals surface area contributed by atoms with Crippen LogP contribution < -0.4 is 11.0 Å². The number of amides is 1. The van der Waals surface area contributed by atoms with E-state index in [0.29, 0.717) is 23.0 Å². The number of aryl methyl sites for hydroxylation is 1. The van der Waals surface area contributed by atoms with Crippen LogP contribution in [0.25, 0.3) is 5.69 Å². The fourth-order valence-corrected chi connectivity index (χ4v) is 2.39. The second kappa shape index (κ2) is 7.46. The number of hydrogen-bond acceptors (Lipinski definition) is 3. The number of benzene rings is 1. The second-order valence-electron chi connectivity index (χ2n) is 5.65. The van der Waals surface area contributed by atoms with Gasteiger partial charge in [0.2, 0.25) is 5.91 Å². The molecule has 1 aromatic carbocycles. The number of carbonyl (C=O) groups is 1. The molecule has 0 aliphatic heterocycles. The topological polar surface area (TPSA) is 68.9 Å². The highest BCUT2D eigenvalue weighted by Crippen LogP contribution is 2.12. The van der Waals surface area contributed by atoms with Crippen LogP contribution >= 0.6 is 11.6 Å². The van der Waals surface area contributed by atoms with Crippen molar-refractivity contribution in [2.75, 3.05) is 0 Å². The molecule has 0 spiro atoms. The van der Waals surface area contributed by atoms with Crippen molar-refractivity contribution in [1.82, 2.24) is 19.7 Å². The first-order valence-corrected chi connectivity index (χ1v) is 8.04. The molecule has 7 heteroatoms. The first-order chi connectivity index (χ1) is 10.9. The average molecular weight is 337 g/mol. The predicted molar refractivity (Wildman–Crippen MR) is 90.1 cm³/mol. The smallest absolute Gasteiger partial charge is 0.351 e. The number of hydrogen-bond donors (Lipinski definition) is 1. The first kappa shape index (κ1) is 17.3. The summed E-state index contributed by atoms with van der Waals surface area (Å²) < 4.78 is 2.74. The monoisotopic (exact) mass is 336 g/mol. The zero-order valence-electron chi connectivity index (χ0n) is 13.5. The Bertz CT molecular complexity index is 732. The summed E-state index contributed by atoms with van der Waals surface area (Å²) in [5.74, 6) is 0.404. The van der Waals surface area contributed by atoms with Crippen molar-refractivity contribution in [2.24, 2.45) is 0 Å². The van der Waals surface area contributed by atoms with E-state index in [1.54, 1.807) is 24.3 Å². The SMILES string of the molecule is CCCc1nn(-c2ccc(Cl)cc2)c(=O)n1CC(=O)NC(C)C. The molecule has 1 N–H and O–H groups in total. The molecule has 0 saturated carbocycles. The summed E-state index contributed by atoms with van der Waals surface area (Å²) in [5.41, 5.74) is 0.300. The molecular weight excluding hydrogens is 316 g/mol. The highest BCUT2D eigenvalue weighted by Gasteiger charge is 2.16. The van der Waals surface area contributed by atoms with E-state index in [1.807, 2.05) is 20.8 Å². The molecule has 1 aromatic heterocycles. The molecule has 124 valence electrons. The molecule has 1 amide bonds. The van der Waals surface area contributed by atoms with Gasteiger partial charge in [0.1, 0.15) is 12.4 Å². The lowest BCUT2D eigenvalue weighted by Crippen LogP contribution is -2.36. The maximum Gasteiger partial charge on any atom is 0.351 e. The van der Waals surface area contributed by atoms with Crippen molar-refractivity contribution in [1.29, 1.82) is 0 Å². The molecule has 0 unspecified atom stereocenters. The molecule has 0 radical (unpaired) electrons. The Morgan fingerprint density at radius 2 is 1.96 bits per heavy atom. The lowest BCUT2D eigenvalue weighted by molar-refractivity contribution is -0.122. The summed E-state index contributed by atoms with van der Waals surface area (Å²) in [6.45, 7) is 5.74. The van der Waals surface area contributed by atoms with Gasteiger partial charge in [-0.3, -0.25) is 9.36 Å². The van der Waals surface area contributed by atoms with Gasteiger partial charge in [0, 0.05) is 17.5 Å². The van der Waals surface area contributed by atoms with Crippen LogP contribution in [0.4, 0.5) is 0 Å². The van der Waals surface area contributed by atoms with Gasteiger partial charge in [0.25, 0.3) is 0 Å². The third-order valence-corrected chi connectivity index (χ3v) is 3.49. The maximum absolute atomic E-state index is 12.6. The largest absolute Gasteiger partial charge is 0.352 e. The van der Waals surface area contributed by atoms with E-state index < -0.39 is 0 Å². The van der Waals surface area contributed by atoms with Gasteiger partial charge in [-0.1, -0.05) is 18.5 Å². The van der Waals surface area contributed by atoms with Crippen molar-refractivity contribution < 1.29 is 4.79 Å². The third kappa shape index (κ3) is 4.22. The Labute approximate surface area is 140 Å². The minimum absolute atomic E-state index is 0.0270. The molecule has 23 heavy (non-hydrogen) atoms. The molecule has 0 saturated heterocycles. The molecule has 6 nitrogen and oxygen atoms in total. The van der Waals surface area contributed by atoms with E-state index in [4.69, 9.17) is 11.6 Å². The average Bonchev–Trinajstić information content (AvgIpc) is 2.77. The van der Waals surface area contributed by atoms with Gasteiger partial charge >= 0.3 is 5.69 Å². The summed E-state index contributed by atoms with van der Waals surface area (Å²) in [5, 5.41) is 7.76. The molecule has 0 atom stereocenters. The Morgan fingerprint density at radius 1 is 1.30 bits per heavy atom. The first-order valence-electron chi connectivity index (χ1n) is 7.66. The highest BCUT2D eigenvalue weighted by atomic mass is 35.5. The van der Waals surface area contributed by atoms with Crippen LogP contribution in [0.1, 0.15) is 33.0 Å². The molecule has 2 aromatic rings. The molecule has 0 aliphatic carbocycles. The summed E-state index contributed by atoms with van der Waals surface area (Å²) in [7, 11) is 0. The molecule has 1 heterocycles. The number of rotatable bonds is 6. The standard InChI is InChI=1S/C16H21ClN4O2/c1-4-5-14-19-21(13-8-6-12(17)7-9-13)16(23)20(14)10-15(22)18-11(2)3/h6-9,11H,4-5,10H2,1-3H3,(H,18,22).